The Morgan fingerprint density at radius 2 is 2.18 bits per heavy atom. The van der Waals surface area contributed by atoms with E-state index in [0.29, 0.717) is 17.9 Å². The first-order chi connectivity index (χ1) is 8.08. The van der Waals surface area contributed by atoms with E-state index >= 15 is 0 Å². The van der Waals surface area contributed by atoms with E-state index in [1.54, 1.807) is 6.92 Å². The molecule has 5 heteroatoms. The molecule has 0 spiro atoms. The molecule has 0 bridgehead atoms. The van der Waals surface area contributed by atoms with Gasteiger partial charge < -0.3 is 4.74 Å². The average molecular weight is 307 g/mol. The van der Waals surface area contributed by atoms with Crippen molar-refractivity contribution in [2.45, 2.75) is 19.8 Å². The molecule has 0 radical (unpaired) electrons. The van der Waals surface area contributed by atoms with Crippen LogP contribution in [0.2, 0.25) is 0 Å². The summed E-state index contributed by atoms with van der Waals surface area (Å²) in [5.74, 6) is 0.343. The third-order valence-electron chi connectivity index (χ3n) is 2.18. The quantitative estimate of drug-likeness (QED) is 0.752. The maximum Gasteiger partial charge on any atom is 0.263 e. The van der Waals surface area contributed by atoms with E-state index in [1.165, 1.54) is 18.2 Å². The maximum absolute atomic E-state index is 12.5. The molecule has 0 aliphatic carbocycles. The van der Waals surface area contributed by atoms with Crippen LogP contribution in [0.4, 0.5) is 8.78 Å². The minimum atomic E-state index is -2.53. The molecule has 0 aliphatic heterocycles. The standard InChI is InChI=1S/C12H13BrF2O2/c1-2-17-11-6-9(12(14)15)4-3-8(11)5-10(16)7-13/h3-4,6,12H,2,5,7H2,1H3. The fourth-order valence-electron chi connectivity index (χ4n) is 1.40. The first-order valence-electron chi connectivity index (χ1n) is 5.20. The molecule has 0 atom stereocenters. The van der Waals surface area contributed by atoms with Crippen LogP contribution in [-0.2, 0) is 11.2 Å². The van der Waals surface area contributed by atoms with Gasteiger partial charge in [-0.1, -0.05) is 28.1 Å². The number of halogens is 3. The highest BCUT2D eigenvalue weighted by Crippen LogP contribution is 2.27. The van der Waals surface area contributed by atoms with Gasteiger partial charge in [0, 0.05) is 17.5 Å². The molecule has 0 unspecified atom stereocenters. The van der Waals surface area contributed by atoms with Gasteiger partial charge in [0.25, 0.3) is 6.43 Å². The second kappa shape index (κ2) is 6.69. The smallest absolute Gasteiger partial charge is 0.263 e. The van der Waals surface area contributed by atoms with Crippen molar-refractivity contribution in [3.05, 3.63) is 29.3 Å². The molecule has 2 nitrogen and oxygen atoms in total. The highest BCUT2D eigenvalue weighted by Gasteiger charge is 2.13. The number of benzene rings is 1. The van der Waals surface area contributed by atoms with Crippen LogP contribution in [0.3, 0.4) is 0 Å². The molecule has 17 heavy (non-hydrogen) atoms. The van der Waals surface area contributed by atoms with Crippen LogP contribution in [-0.4, -0.2) is 17.7 Å². The van der Waals surface area contributed by atoms with E-state index in [2.05, 4.69) is 15.9 Å². The molecular formula is C12H13BrF2O2. The van der Waals surface area contributed by atoms with E-state index in [1.807, 2.05) is 0 Å². The highest BCUT2D eigenvalue weighted by molar-refractivity contribution is 9.09. The summed E-state index contributed by atoms with van der Waals surface area (Å²) >= 11 is 3.06. The van der Waals surface area contributed by atoms with E-state index in [0.717, 1.165) is 0 Å². The van der Waals surface area contributed by atoms with Crippen LogP contribution >= 0.6 is 15.9 Å². The molecule has 0 aliphatic rings. The van der Waals surface area contributed by atoms with Crippen molar-refractivity contribution in [3.63, 3.8) is 0 Å². The predicted octanol–water partition coefficient (Wildman–Crippen LogP) is 3.53. The summed E-state index contributed by atoms with van der Waals surface area (Å²) in [7, 11) is 0. The summed E-state index contributed by atoms with van der Waals surface area (Å²) in [5, 5.41) is 0.245. The summed E-state index contributed by atoms with van der Waals surface area (Å²) in [5.41, 5.74) is 0.546. The zero-order chi connectivity index (χ0) is 12.8. The summed E-state index contributed by atoms with van der Waals surface area (Å²) in [6.45, 7) is 2.15. The monoisotopic (exact) mass is 306 g/mol. The Kier molecular flexibility index (Phi) is 5.55. The number of carbonyl (C=O) groups excluding carboxylic acids is 1. The van der Waals surface area contributed by atoms with Crippen molar-refractivity contribution in [2.75, 3.05) is 11.9 Å². The molecule has 94 valence electrons. The lowest BCUT2D eigenvalue weighted by Crippen LogP contribution is -2.06. The van der Waals surface area contributed by atoms with Crippen LogP contribution in [0.5, 0.6) is 5.75 Å². The second-order valence-corrected chi connectivity index (χ2v) is 4.01. The number of ketones is 1. The molecule has 1 aromatic carbocycles. The number of ether oxygens (including phenoxy) is 1. The van der Waals surface area contributed by atoms with Gasteiger partial charge in [-0.25, -0.2) is 8.78 Å². The largest absolute Gasteiger partial charge is 0.494 e. The number of carbonyl (C=O) groups is 1. The molecule has 0 saturated heterocycles. The van der Waals surface area contributed by atoms with Gasteiger partial charge in [0.05, 0.1) is 11.9 Å². The lowest BCUT2D eigenvalue weighted by Gasteiger charge is -2.11. The molecular weight excluding hydrogens is 294 g/mol. The normalized spacial score (nSPS) is 10.6. The van der Waals surface area contributed by atoms with Crippen LogP contribution in [0.15, 0.2) is 18.2 Å². The number of Topliss-reactive ketones (excluding diaryl/α,β-unsaturated/α-hetero) is 1. The average Bonchev–Trinajstić information content (AvgIpc) is 2.31. The summed E-state index contributed by atoms with van der Waals surface area (Å²) in [6, 6.07) is 4.14. The molecule has 0 N–H and O–H groups in total. The lowest BCUT2D eigenvalue weighted by atomic mass is 10.1. The Labute approximate surface area is 107 Å². The van der Waals surface area contributed by atoms with Crippen LogP contribution in [0.25, 0.3) is 0 Å². The first kappa shape index (κ1) is 14.1. The number of hydrogen-bond acceptors (Lipinski definition) is 2. The van der Waals surface area contributed by atoms with Gasteiger partial charge in [-0.05, 0) is 13.0 Å². The van der Waals surface area contributed by atoms with Gasteiger partial charge in [-0.15, -0.1) is 0 Å². The highest BCUT2D eigenvalue weighted by atomic mass is 79.9. The van der Waals surface area contributed by atoms with Gasteiger partial charge in [0.15, 0.2) is 0 Å². The minimum Gasteiger partial charge on any atom is -0.494 e. The van der Waals surface area contributed by atoms with Crippen molar-refractivity contribution in [3.8, 4) is 5.75 Å². The van der Waals surface area contributed by atoms with Gasteiger partial charge in [-0.2, -0.15) is 0 Å². The topological polar surface area (TPSA) is 26.3 Å². The second-order valence-electron chi connectivity index (χ2n) is 3.45. The fraction of sp³-hybridized carbons (Fsp3) is 0.417. The number of hydrogen-bond donors (Lipinski definition) is 0. The van der Waals surface area contributed by atoms with E-state index in [4.69, 9.17) is 4.74 Å². The molecule has 0 aromatic heterocycles. The zero-order valence-corrected chi connectivity index (χ0v) is 11.0. The summed E-state index contributed by atoms with van der Waals surface area (Å²) in [4.78, 5) is 11.3. The molecule has 1 rings (SSSR count). The first-order valence-corrected chi connectivity index (χ1v) is 6.32. The Bertz CT molecular complexity index is 394. The predicted molar refractivity (Wildman–Crippen MR) is 65.1 cm³/mol. The summed E-state index contributed by atoms with van der Waals surface area (Å²) < 4.78 is 30.3. The van der Waals surface area contributed by atoms with E-state index in [9.17, 15) is 13.6 Å². The Balaban J connectivity index is 2.99. The molecule has 0 amide bonds. The minimum absolute atomic E-state index is 0.0178. The van der Waals surface area contributed by atoms with Crippen molar-refractivity contribution in [1.82, 2.24) is 0 Å². The molecule has 0 heterocycles. The van der Waals surface area contributed by atoms with E-state index in [-0.39, 0.29) is 23.1 Å². The van der Waals surface area contributed by atoms with Gasteiger partial charge >= 0.3 is 0 Å². The van der Waals surface area contributed by atoms with Crippen molar-refractivity contribution in [1.29, 1.82) is 0 Å². The SMILES string of the molecule is CCOc1cc(C(F)F)ccc1CC(=O)CBr. The third-order valence-corrected chi connectivity index (χ3v) is 2.81. The van der Waals surface area contributed by atoms with E-state index < -0.39 is 6.43 Å². The Hall–Kier alpha value is -0.970. The Morgan fingerprint density at radius 3 is 2.71 bits per heavy atom. The maximum atomic E-state index is 12.5. The van der Waals surface area contributed by atoms with Gasteiger partial charge in [0.2, 0.25) is 0 Å². The molecule has 1 aromatic rings. The van der Waals surface area contributed by atoms with Gasteiger partial charge in [-0.3, -0.25) is 4.79 Å². The number of alkyl halides is 3. The van der Waals surface area contributed by atoms with Crippen molar-refractivity contribution in [2.24, 2.45) is 0 Å². The van der Waals surface area contributed by atoms with Crippen LogP contribution in [0.1, 0.15) is 24.5 Å². The fourth-order valence-corrected chi connectivity index (χ4v) is 1.60. The lowest BCUT2D eigenvalue weighted by molar-refractivity contribution is -0.115. The summed E-state index contributed by atoms with van der Waals surface area (Å²) in [6.07, 6.45) is -2.35. The zero-order valence-electron chi connectivity index (χ0n) is 9.38. The number of rotatable bonds is 6. The third kappa shape index (κ3) is 4.07. The van der Waals surface area contributed by atoms with Gasteiger partial charge in [0.1, 0.15) is 11.5 Å². The molecule has 0 saturated carbocycles. The van der Waals surface area contributed by atoms with Crippen molar-refractivity contribution >= 4 is 21.7 Å². The van der Waals surface area contributed by atoms with Crippen LogP contribution in [0, 0.1) is 0 Å². The Morgan fingerprint density at radius 1 is 1.47 bits per heavy atom. The van der Waals surface area contributed by atoms with Crippen LogP contribution < -0.4 is 4.74 Å². The van der Waals surface area contributed by atoms with Crippen molar-refractivity contribution < 1.29 is 18.3 Å². The molecule has 0 fully saturated rings.